The van der Waals surface area contributed by atoms with E-state index in [1.807, 2.05) is 0 Å². The van der Waals surface area contributed by atoms with Gasteiger partial charge in [0.05, 0.1) is 7.11 Å². The Morgan fingerprint density at radius 2 is 1.74 bits per heavy atom. The lowest BCUT2D eigenvalue weighted by molar-refractivity contribution is -0.121. The second-order valence-corrected chi connectivity index (χ2v) is 7.32. The molecule has 0 aliphatic carbocycles. The van der Waals surface area contributed by atoms with Crippen LogP contribution in [0.15, 0.2) is 42.5 Å². The van der Waals surface area contributed by atoms with Gasteiger partial charge in [-0.15, -0.1) is 0 Å². The number of methoxy groups -OCH3 is 1. The van der Waals surface area contributed by atoms with Gasteiger partial charge in [0.15, 0.2) is 0 Å². The van der Waals surface area contributed by atoms with Crippen LogP contribution in [-0.2, 0) is 4.79 Å². The van der Waals surface area contributed by atoms with E-state index in [1.54, 1.807) is 54.5 Å². The van der Waals surface area contributed by atoms with Gasteiger partial charge in [0.2, 0.25) is 5.91 Å². The molecule has 1 N–H and O–H groups in total. The summed E-state index contributed by atoms with van der Waals surface area (Å²) in [5, 5.41) is 3.79. The minimum atomic E-state index is -0.155. The third-order valence-corrected chi connectivity index (χ3v) is 5.04. The van der Waals surface area contributed by atoms with Crippen LogP contribution >= 0.6 is 23.2 Å². The molecule has 0 bridgehead atoms. The number of anilines is 1. The highest BCUT2D eigenvalue weighted by molar-refractivity contribution is 6.35. The zero-order valence-corrected chi connectivity index (χ0v) is 16.4. The predicted molar refractivity (Wildman–Crippen MR) is 107 cm³/mol. The molecule has 0 aromatic heterocycles. The molecule has 1 aliphatic rings. The van der Waals surface area contributed by atoms with Crippen LogP contribution in [0, 0.1) is 5.92 Å². The Labute approximate surface area is 168 Å². The van der Waals surface area contributed by atoms with E-state index in [0.717, 1.165) is 0 Å². The van der Waals surface area contributed by atoms with E-state index < -0.39 is 0 Å². The molecular formula is C20H20Cl2N2O3. The molecule has 2 aromatic carbocycles. The van der Waals surface area contributed by atoms with Crippen molar-refractivity contribution >= 4 is 40.7 Å². The van der Waals surface area contributed by atoms with E-state index in [0.29, 0.717) is 53.0 Å². The number of hydrogen-bond donors (Lipinski definition) is 1. The van der Waals surface area contributed by atoms with Gasteiger partial charge in [-0.2, -0.15) is 0 Å². The van der Waals surface area contributed by atoms with Gasteiger partial charge in [-0.3, -0.25) is 9.59 Å². The van der Waals surface area contributed by atoms with Gasteiger partial charge >= 0.3 is 0 Å². The summed E-state index contributed by atoms with van der Waals surface area (Å²) in [5.74, 6) is 0.364. The Morgan fingerprint density at radius 1 is 1.07 bits per heavy atom. The molecule has 0 saturated carbocycles. The fourth-order valence-electron chi connectivity index (χ4n) is 3.15. The summed E-state index contributed by atoms with van der Waals surface area (Å²) in [7, 11) is 1.57. The van der Waals surface area contributed by atoms with Crippen LogP contribution in [0.3, 0.4) is 0 Å². The van der Waals surface area contributed by atoms with Gasteiger partial charge in [0, 0.05) is 40.3 Å². The van der Waals surface area contributed by atoms with Crippen molar-refractivity contribution in [3.05, 3.63) is 58.1 Å². The number of benzene rings is 2. The van der Waals surface area contributed by atoms with Crippen molar-refractivity contribution in [2.24, 2.45) is 5.92 Å². The van der Waals surface area contributed by atoms with Crippen molar-refractivity contribution in [1.82, 2.24) is 4.90 Å². The monoisotopic (exact) mass is 406 g/mol. The van der Waals surface area contributed by atoms with Crippen molar-refractivity contribution in [2.45, 2.75) is 12.8 Å². The van der Waals surface area contributed by atoms with Crippen LogP contribution in [0.25, 0.3) is 0 Å². The summed E-state index contributed by atoms with van der Waals surface area (Å²) in [6.07, 6.45) is 1.21. The molecule has 1 fully saturated rings. The molecule has 0 spiro atoms. The number of rotatable bonds is 4. The first kappa shape index (κ1) is 19.5. The predicted octanol–water partition coefficient (Wildman–Crippen LogP) is 4.49. The number of likely N-dealkylation sites (tertiary alicyclic amines) is 1. The zero-order valence-electron chi connectivity index (χ0n) is 14.9. The first-order chi connectivity index (χ1) is 13.0. The Hall–Kier alpha value is -2.24. The minimum absolute atomic E-state index is 0.0469. The highest BCUT2D eigenvalue weighted by Gasteiger charge is 2.28. The number of carbonyl (C=O) groups is 2. The molecule has 1 heterocycles. The Kier molecular flexibility index (Phi) is 6.24. The van der Waals surface area contributed by atoms with Crippen LogP contribution in [0.4, 0.5) is 5.69 Å². The van der Waals surface area contributed by atoms with Gasteiger partial charge < -0.3 is 15.0 Å². The number of halogens is 2. The van der Waals surface area contributed by atoms with E-state index in [4.69, 9.17) is 27.9 Å². The fourth-order valence-corrected chi connectivity index (χ4v) is 3.68. The molecule has 142 valence electrons. The van der Waals surface area contributed by atoms with E-state index >= 15 is 0 Å². The highest BCUT2D eigenvalue weighted by atomic mass is 35.5. The number of hydrogen-bond acceptors (Lipinski definition) is 3. The first-order valence-electron chi connectivity index (χ1n) is 8.66. The third-order valence-electron chi connectivity index (χ3n) is 4.60. The van der Waals surface area contributed by atoms with E-state index in [9.17, 15) is 9.59 Å². The normalized spacial score (nSPS) is 14.7. The van der Waals surface area contributed by atoms with Gasteiger partial charge in [0.25, 0.3) is 5.91 Å². The second-order valence-electron chi connectivity index (χ2n) is 6.45. The molecule has 7 heteroatoms. The maximum Gasteiger partial charge on any atom is 0.253 e. The lowest BCUT2D eigenvalue weighted by atomic mass is 9.95. The largest absolute Gasteiger partial charge is 0.497 e. The zero-order chi connectivity index (χ0) is 19.4. The van der Waals surface area contributed by atoms with E-state index in [1.165, 1.54) is 0 Å². The number of nitrogens with zero attached hydrogens (tertiary/aromatic N) is 1. The summed E-state index contributed by atoms with van der Waals surface area (Å²) < 4.78 is 5.17. The minimum Gasteiger partial charge on any atom is -0.497 e. The molecule has 3 rings (SSSR count). The second kappa shape index (κ2) is 8.63. The number of piperidine rings is 1. The summed E-state index contributed by atoms with van der Waals surface area (Å²) in [6, 6.07) is 12.0. The Morgan fingerprint density at radius 3 is 2.37 bits per heavy atom. The van der Waals surface area contributed by atoms with E-state index in [-0.39, 0.29) is 17.7 Å². The highest BCUT2D eigenvalue weighted by Crippen LogP contribution is 2.25. The summed E-state index contributed by atoms with van der Waals surface area (Å²) >= 11 is 11.9. The van der Waals surface area contributed by atoms with Gasteiger partial charge in [-0.25, -0.2) is 0 Å². The van der Waals surface area contributed by atoms with Crippen molar-refractivity contribution in [3.8, 4) is 5.75 Å². The van der Waals surface area contributed by atoms with Crippen LogP contribution in [0.1, 0.15) is 23.2 Å². The molecular weight excluding hydrogens is 387 g/mol. The van der Waals surface area contributed by atoms with Crippen molar-refractivity contribution in [1.29, 1.82) is 0 Å². The fraction of sp³-hybridized carbons (Fsp3) is 0.300. The quantitative estimate of drug-likeness (QED) is 0.813. The van der Waals surface area contributed by atoms with Crippen molar-refractivity contribution in [2.75, 3.05) is 25.5 Å². The SMILES string of the molecule is COc1cccc(C(=O)N2CCC(C(=O)Nc3cc(Cl)cc(Cl)c3)CC2)c1. The Bertz CT molecular complexity index is 829. The Balaban J connectivity index is 1.57. The van der Waals surface area contributed by atoms with E-state index in [2.05, 4.69) is 5.32 Å². The number of nitrogens with one attached hydrogen (secondary N) is 1. The topological polar surface area (TPSA) is 58.6 Å². The molecule has 0 atom stereocenters. The number of ether oxygens (including phenoxy) is 1. The molecule has 1 aliphatic heterocycles. The lowest BCUT2D eigenvalue weighted by Gasteiger charge is -2.31. The van der Waals surface area contributed by atoms with Crippen LogP contribution in [0.5, 0.6) is 5.75 Å². The summed E-state index contributed by atoms with van der Waals surface area (Å²) in [6.45, 7) is 1.06. The van der Waals surface area contributed by atoms with Gasteiger partial charge in [-0.05, 0) is 49.2 Å². The molecule has 0 radical (unpaired) electrons. The summed E-state index contributed by atoms with van der Waals surface area (Å²) in [4.78, 5) is 26.9. The maximum absolute atomic E-state index is 12.7. The lowest BCUT2D eigenvalue weighted by Crippen LogP contribution is -2.41. The van der Waals surface area contributed by atoms with Crippen molar-refractivity contribution in [3.63, 3.8) is 0 Å². The van der Waals surface area contributed by atoms with Crippen LogP contribution < -0.4 is 10.1 Å². The third kappa shape index (κ3) is 4.93. The molecule has 2 aromatic rings. The van der Waals surface area contributed by atoms with Crippen molar-refractivity contribution < 1.29 is 14.3 Å². The molecule has 27 heavy (non-hydrogen) atoms. The van der Waals surface area contributed by atoms with Crippen LogP contribution in [-0.4, -0.2) is 36.9 Å². The average Bonchev–Trinajstić information content (AvgIpc) is 2.66. The number of carbonyl (C=O) groups excluding carboxylic acids is 2. The molecule has 5 nitrogen and oxygen atoms in total. The van der Waals surface area contributed by atoms with Gasteiger partial charge in [0.1, 0.15) is 5.75 Å². The number of amides is 2. The molecule has 0 unspecified atom stereocenters. The van der Waals surface area contributed by atoms with Gasteiger partial charge in [-0.1, -0.05) is 29.3 Å². The van der Waals surface area contributed by atoms with Crippen LogP contribution in [0.2, 0.25) is 10.0 Å². The maximum atomic E-state index is 12.7. The smallest absolute Gasteiger partial charge is 0.253 e. The molecule has 1 saturated heterocycles. The first-order valence-corrected chi connectivity index (χ1v) is 9.42. The molecule has 2 amide bonds. The summed E-state index contributed by atoms with van der Waals surface area (Å²) in [5.41, 5.74) is 1.17. The average molecular weight is 407 g/mol. The standard InChI is InChI=1S/C20H20Cl2N2O3/c1-27-18-4-2-3-14(9-18)20(26)24-7-5-13(6-8-24)19(25)23-17-11-15(21)10-16(22)12-17/h2-4,9-13H,5-8H2,1H3,(H,23,25).